The summed E-state index contributed by atoms with van der Waals surface area (Å²) < 4.78 is 27.6. The molecular weight excluding hydrogens is 286 g/mol. The summed E-state index contributed by atoms with van der Waals surface area (Å²) in [5.74, 6) is 0. The Morgan fingerprint density at radius 2 is 1.95 bits per heavy atom. The van der Waals surface area contributed by atoms with Crippen LogP contribution < -0.4 is 4.72 Å². The number of rotatable bonds is 3. The van der Waals surface area contributed by atoms with E-state index in [-0.39, 0.29) is 10.9 Å². The quantitative estimate of drug-likeness (QED) is 0.917. The molecule has 6 heteroatoms. The predicted molar refractivity (Wildman–Crippen MR) is 79.1 cm³/mol. The number of benzene rings is 1. The molecule has 2 atom stereocenters. The second-order valence-corrected chi connectivity index (χ2v) is 7.52. The first-order valence-electron chi connectivity index (χ1n) is 7.35. The van der Waals surface area contributed by atoms with E-state index in [0.717, 1.165) is 25.9 Å². The molecule has 3 rings (SSSR count). The zero-order valence-corrected chi connectivity index (χ0v) is 12.6. The van der Waals surface area contributed by atoms with E-state index in [4.69, 9.17) is 5.26 Å². The first kappa shape index (κ1) is 14.5. The standard InChI is InChI=1S/C15H19N3O2S/c16-11-12-3-5-15(6-4-12)21(19,20)17-13-7-9-18-8-1-2-14(18)10-13/h3-6,13-14,17H,1-2,7-10H2. The van der Waals surface area contributed by atoms with Gasteiger partial charge in [0.25, 0.3) is 0 Å². The Hall–Kier alpha value is -1.42. The average molecular weight is 305 g/mol. The minimum absolute atomic E-state index is 0.0185. The number of hydrogen-bond acceptors (Lipinski definition) is 4. The molecule has 0 spiro atoms. The summed E-state index contributed by atoms with van der Waals surface area (Å²) in [4.78, 5) is 2.70. The van der Waals surface area contributed by atoms with Crippen LogP contribution in [0.1, 0.15) is 31.2 Å². The van der Waals surface area contributed by atoms with Gasteiger partial charge < -0.3 is 4.90 Å². The molecule has 2 aliphatic heterocycles. The van der Waals surface area contributed by atoms with Crippen LogP contribution in [0.25, 0.3) is 0 Å². The van der Waals surface area contributed by atoms with Gasteiger partial charge in [-0.15, -0.1) is 0 Å². The molecule has 5 nitrogen and oxygen atoms in total. The van der Waals surface area contributed by atoms with Gasteiger partial charge >= 0.3 is 0 Å². The molecule has 1 N–H and O–H groups in total. The first-order valence-corrected chi connectivity index (χ1v) is 8.83. The van der Waals surface area contributed by atoms with Gasteiger partial charge in [0, 0.05) is 12.1 Å². The summed E-state index contributed by atoms with van der Waals surface area (Å²) in [7, 11) is -3.49. The number of nitrogens with zero attached hydrogens (tertiary/aromatic N) is 2. The lowest BCUT2D eigenvalue weighted by Gasteiger charge is -2.34. The maximum Gasteiger partial charge on any atom is 0.240 e. The van der Waals surface area contributed by atoms with E-state index in [2.05, 4.69) is 9.62 Å². The molecule has 2 saturated heterocycles. The number of nitrogens with one attached hydrogen (secondary N) is 1. The average Bonchev–Trinajstić information content (AvgIpc) is 2.94. The molecule has 0 aliphatic carbocycles. The van der Waals surface area contributed by atoms with E-state index in [1.54, 1.807) is 0 Å². The van der Waals surface area contributed by atoms with Crippen molar-refractivity contribution in [1.29, 1.82) is 5.26 Å². The number of fused-ring (bicyclic) bond motifs is 1. The zero-order chi connectivity index (χ0) is 14.9. The van der Waals surface area contributed by atoms with Gasteiger partial charge in [0.1, 0.15) is 0 Å². The van der Waals surface area contributed by atoms with E-state index in [9.17, 15) is 8.42 Å². The van der Waals surface area contributed by atoms with Gasteiger partial charge in [-0.25, -0.2) is 13.1 Å². The molecule has 21 heavy (non-hydrogen) atoms. The molecule has 0 amide bonds. The fraction of sp³-hybridized carbons (Fsp3) is 0.533. The number of sulfonamides is 1. The number of piperidine rings is 1. The molecule has 0 saturated carbocycles. The van der Waals surface area contributed by atoms with Gasteiger partial charge in [-0.05, 0) is 63.0 Å². The van der Waals surface area contributed by atoms with Crippen molar-refractivity contribution in [2.75, 3.05) is 13.1 Å². The SMILES string of the molecule is N#Cc1ccc(S(=O)(=O)NC2CCN3CCCC3C2)cc1. The summed E-state index contributed by atoms with van der Waals surface area (Å²) in [6, 6.07) is 8.60. The molecule has 1 aromatic carbocycles. The lowest BCUT2D eigenvalue weighted by Crippen LogP contribution is -2.47. The maximum absolute atomic E-state index is 12.4. The van der Waals surface area contributed by atoms with Crippen LogP contribution in [0, 0.1) is 11.3 Å². The van der Waals surface area contributed by atoms with Crippen LogP contribution >= 0.6 is 0 Å². The van der Waals surface area contributed by atoms with Crippen molar-refractivity contribution < 1.29 is 8.42 Å². The molecule has 0 aromatic heterocycles. The third-order valence-corrected chi connectivity index (χ3v) is 5.97. The van der Waals surface area contributed by atoms with Crippen LogP contribution in [-0.4, -0.2) is 38.5 Å². The van der Waals surface area contributed by atoms with E-state index < -0.39 is 10.0 Å². The van der Waals surface area contributed by atoms with Crippen LogP contribution in [0.5, 0.6) is 0 Å². The summed E-state index contributed by atoms with van der Waals surface area (Å²) in [5, 5.41) is 8.76. The predicted octanol–water partition coefficient (Wildman–Crippen LogP) is 1.46. The Morgan fingerprint density at radius 1 is 1.19 bits per heavy atom. The lowest BCUT2D eigenvalue weighted by molar-refractivity contribution is 0.176. The van der Waals surface area contributed by atoms with Crippen LogP contribution in [0.3, 0.4) is 0 Å². The second kappa shape index (κ2) is 5.76. The van der Waals surface area contributed by atoms with Gasteiger partial charge in [-0.1, -0.05) is 0 Å². The van der Waals surface area contributed by atoms with Crippen molar-refractivity contribution in [1.82, 2.24) is 9.62 Å². The lowest BCUT2D eigenvalue weighted by atomic mass is 9.99. The normalized spacial score (nSPS) is 26.2. The molecule has 0 bridgehead atoms. The number of nitriles is 1. The molecule has 2 aliphatic rings. The Kier molecular flexibility index (Phi) is 3.98. The van der Waals surface area contributed by atoms with E-state index in [0.29, 0.717) is 11.6 Å². The van der Waals surface area contributed by atoms with Crippen molar-refractivity contribution in [2.24, 2.45) is 0 Å². The smallest absolute Gasteiger partial charge is 0.240 e. The van der Waals surface area contributed by atoms with Gasteiger partial charge in [0.15, 0.2) is 0 Å². The third kappa shape index (κ3) is 3.10. The van der Waals surface area contributed by atoms with Crippen LogP contribution in [0.15, 0.2) is 29.2 Å². The molecule has 112 valence electrons. The van der Waals surface area contributed by atoms with E-state index in [1.165, 1.54) is 37.1 Å². The van der Waals surface area contributed by atoms with Gasteiger partial charge in [-0.3, -0.25) is 0 Å². The Balaban J connectivity index is 1.69. The largest absolute Gasteiger partial charge is 0.300 e. The summed E-state index contributed by atoms with van der Waals surface area (Å²) in [6.07, 6.45) is 4.16. The molecule has 1 aromatic rings. The fourth-order valence-corrected chi connectivity index (χ4v) is 4.61. The second-order valence-electron chi connectivity index (χ2n) is 5.81. The van der Waals surface area contributed by atoms with Crippen molar-refractivity contribution in [3.8, 4) is 6.07 Å². The minimum atomic E-state index is -3.49. The van der Waals surface area contributed by atoms with Gasteiger partial charge in [0.05, 0.1) is 16.5 Å². The topological polar surface area (TPSA) is 73.2 Å². The Labute approximate surface area is 125 Å². The fourth-order valence-electron chi connectivity index (χ4n) is 3.33. The molecule has 2 heterocycles. The zero-order valence-electron chi connectivity index (χ0n) is 11.8. The highest BCUT2D eigenvalue weighted by Gasteiger charge is 2.33. The van der Waals surface area contributed by atoms with Crippen molar-refractivity contribution in [2.45, 2.75) is 42.7 Å². The minimum Gasteiger partial charge on any atom is -0.300 e. The summed E-state index contributed by atoms with van der Waals surface area (Å²) in [6.45, 7) is 2.13. The molecule has 0 radical (unpaired) electrons. The highest BCUT2D eigenvalue weighted by atomic mass is 32.2. The number of hydrogen-bond donors (Lipinski definition) is 1. The highest BCUT2D eigenvalue weighted by molar-refractivity contribution is 7.89. The van der Waals surface area contributed by atoms with Crippen molar-refractivity contribution >= 4 is 10.0 Å². The molecule has 2 fully saturated rings. The Morgan fingerprint density at radius 3 is 2.67 bits per heavy atom. The monoisotopic (exact) mass is 305 g/mol. The van der Waals surface area contributed by atoms with E-state index in [1.807, 2.05) is 6.07 Å². The summed E-state index contributed by atoms with van der Waals surface area (Å²) >= 11 is 0. The van der Waals surface area contributed by atoms with Gasteiger partial charge in [-0.2, -0.15) is 5.26 Å². The van der Waals surface area contributed by atoms with Crippen molar-refractivity contribution in [3.63, 3.8) is 0 Å². The molecule has 2 unspecified atom stereocenters. The Bertz CT molecular complexity index is 648. The molecular formula is C15H19N3O2S. The first-order chi connectivity index (χ1) is 10.1. The third-order valence-electron chi connectivity index (χ3n) is 4.44. The van der Waals surface area contributed by atoms with Crippen molar-refractivity contribution in [3.05, 3.63) is 29.8 Å². The highest BCUT2D eigenvalue weighted by Crippen LogP contribution is 2.27. The summed E-state index contributed by atoms with van der Waals surface area (Å²) in [5.41, 5.74) is 0.466. The van der Waals surface area contributed by atoms with Crippen LogP contribution in [0.4, 0.5) is 0 Å². The van der Waals surface area contributed by atoms with Gasteiger partial charge in [0.2, 0.25) is 10.0 Å². The van der Waals surface area contributed by atoms with Crippen LogP contribution in [0.2, 0.25) is 0 Å². The van der Waals surface area contributed by atoms with Crippen LogP contribution in [-0.2, 0) is 10.0 Å². The maximum atomic E-state index is 12.4. The van der Waals surface area contributed by atoms with E-state index >= 15 is 0 Å².